The fourth-order valence-corrected chi connectivity index (χ4v) is 4.23. The first-order valence-corrected chi connectivity index (χ1v) is 11.8. The Bertz CT molecular complexity index is 967. The van der Waals surface area contributed by atoms with Crippen molar-refractivity contribution in [2.24, 2.45) is 0 Å². The Balaban J connectivity index is 0.00000306. The van der Waals surface area contributed by atoms with Crippen LogP contribution in [0, 0.1) is 0 Å². The number of nitrogens with zero attached hydrogens (tertiary/aromatic N) is 3. The van der Waals surface area contributed by atoms with Gasteiger partial charge < -0.3 is 10.2 Å². The molecular weight excluding hydrogens is 532 g/mol. The Kier molecular flexibility index (Phi) is 13.3. The number of hydrogen-bond donors (Lipinski definition) is 2. The molecule has 2 aromatic rings. The van der Waals surface area contributed by atoms with E-state index in [0.717, 1.165) is 0 Å². The van der Waals surface area contributed by atoms with Crippen molar-refractivity contribution in [3.8, 4) is 0 Å². The van der Waals surface area contributed by atoms with Crippen LogP contribution >= 0.6 is 48.0 Å². The number of anilines is 1. The van der Waals surface area contributed by atoms with E-state index in [1.807, 2.05) is 31.0 Å². The molecule has 3 rings (SSSR count). The van der Waals surface area contributed by atoms with Crippen LogP contribution in [-0.2, 0) is 22.7 Å². The molecule has 0 spiro atoms. The molecule has 0 bridgehead atoms. The van der Waals surface area contributed by atoms with Crippen LogP contribution < -0.4 is 15.5 Å². The van der Waals surface area contributed by atoms with Crippen molar-refractivity contribution in [3.63, 3.8) is 0 Å². The minimum absolute atomic E-state index is 0. The molecule has 35 heavy (non-hydrogen) atoms. The normalized spacial score (nSPS) is 12.5. The molecule has 0 atom stereocenters. The van der Waals surface area contributed by atoms with Crippen LogP contribution in [0.1, 0.15) is 25.0 Å². The van der Waals surface area contributed by atoms with Crippen molar-refractivity contribution in [1.82, 2.24) is 20.7 Å². The average Bonchev–Trinajstić information content (AvgIpc) is 3.20. The van der Waals surface area contributed by atoms with Crippen LogP contribution in [0.25, 0.3) is 0 Å². The highest BCUT2D eigenvalue weighted by atomic mass is 35.5. The highest BCUT2D eigenvalue weighted by molar-refractivity contribution is 6.36. The summed E-state index contributed by atoms with van der Waals surface area (Å²) in [6.07, 6.45) is 0. The van der Waals surface area contributed by atoms with E-state index in [0.29, 0.717) is 48.0 Å². The van der Waals surface area contributed by atoms with Gasteiger partial charge in [-0.1, -0.05) is 61.3 Å². The molecule has 0 aliphatic carbocycles. The molecule has 0 saturated heterocycles. The zero-order valence-electron chi connectivity index (χ0n) is 20.1. The van der Waals surface area contributed by atoms with Crippen LogP contribution in [0.15, 0.2) is 42.5 Å². The van der Waals surface area contributed by atoms with Crippen molar-refractivity contribution >= 4 is 65.5 Å². The highest BCUT2D eigenvalue weighted by Gasteiger charge is 2.25. The van der Waals surface area contributed by atoms with Gasteiger partial charge in [-0.25, -0.2) is 5.01 Å². The zero-order chi connectivity index (χ0) is 24.0. The van der Waals surface area contributed by atoms with Crippen molar-refractivity contribution in [1.29, 1.82) is 0 Å². The van der Waals surface area contributed by atoms with Crippen LogP contribution in [-0.4, -0.2) is 61.1 Å². The fourth-order valence-electron chi connectivity index (χ4n) is 3.72. The van der Waals surface area contributed by atoms with Gasteiger partial charge in [-0.3, -0.25) is 19.9 Å². The maximum Gasteiger partial charge on any atom is 0.250 e. The lowest BCUT2D eigenvalue weighted by atomic mass is 10.1. The van der Waals surface area contributed by atoms with Crippen LogP contribution in [0.5, 0.6) is 0 Å². The van der Waals surface area contributed by atoms with Gasteiger partial charge in [0.15, 0.2) is 0 Å². The third kappa shape index (κ3) is 8.79. The quantitative estimate of drug-likeness (QED) is 0.454. The topological polar surface area (TPSA) is 67.9 Å². The predicted molar refractivity (Wildman–Crippen MR) is 148 cm³/mol. The molecular formula is C24H33Cl4N5O2. The number of halogens is 4. The van der Waals surface area contributed by atoms with E-state index in [-0.39, 0.29) is 49.7 Å². The molecule has 1 aliphatic heterocycles. The first kappa shape index (κ1) is 31.4. The van der Waals surface area contributed by atoms with Crippen molar-refractivity contribution in [3.05, 3.63) is 63.6 Å². The zero-order valence-corrected chi connectivity index (χ0v) is 23.2. The molecule has 2 amide bonds. The van der Waals surface area contributed by atoms with Crippen molar-refractivity contribution in [2.45, 2.75) is 33.0 Å². The molecule has 7 nitrogen and oxygen atoms in total. The number of carbonyl (C=O) groups excluding carboxylic acids is 2. The van der Waals surface area contributed by atoms with E-state index in [9.17, 15) is 9.59 Å². The van der Waals surface area contributed by atoms with E-state index in [1.54, 1.807) is 35.2 Å². The summed E-state index contributed by atoms with van der Waals surface area (Å²) in [7, 11) is 1.76. The van der Waals surface area contributed by atoms with E-state index >= 15 is 0 Å². The van der Waals surface area contributed by atoms with Gasteiger partial charge in [0.05, 0.1) is 23.8 Å². The lowest BCUT2D eigenvalue weighted by Gasteiger charge is -2.28. The number of benzene rings is 2. The van der Waals surface area contributed by atoms with Gasteiger partial charge in [0.2, 0.25) is 5.91 Å². The molecule has 0 saturated carbocycles. The summed E-state index contributed by atoms with van der Waals surface area (Å²) < 4.78 is 0. The number of carbonyl (C=O) groups is 2. The van der Waals surface area contributed by atoms with Gasteiger partial charge in [-0.05, 0) is 29.3 Å². The number of rotatable bonds is 10. The van der Waals surface area contributed by atoms with Gasteiger partial charge in [0, 0.05) is 44.3 Å². The lowest BCUT2D eigenvalue weighted by Crippen LogP contribution is -2.47. The lowest BCUT2D eigenvalue weighted by molar-refractivity contribution is -0.145. The second-order valence-electron chi connectivity index (χ2n) is 8.36. The predicted octanol–water partition coefficient (Wildman–Crippen LogP) is 4.15. The number of fused-ring (bicyclic) bond motifs is 1. The summed E-state index contributed by atoms with van der Waals surface area (Å²) in [6.45, 7) is 6.61. The first-order valence-electron chi connectivity index (χ1n) is 11.0. The molecule has 1 aliphatic rings. The molecule has 2 N–H and O–H groups in total. The highest BCUT2D eigenvalue weighted by Crippen LogP contribution is 2.29. The number of amides is 2. The number of nitrogens with one attached hydrogen (secondary N) is 2. The SMILES string of the molecule is CC(C)NCCN(C(=O)CNCC(=O)N(C)N1Cc2ccccc2C1)c1ccc(Cl)cc1Cl.Cl.Cl. The smallest absolute Gasteiger partial charge is 0.250 e. The Morgan fingerprint density at radius 2 is 1.60 bits per heavy atom. The summed E-state index contributed by atoms with van der Waals surface area (Å²) >= 11 is 12.4. The van der Waals surface area contributed by atoms with Crippen LogP contribution in [0.2, 0.25) is 10.0 Å². The second-order valence-corrected chi connectivity index (χ2v) is 9.21. The summed E-state index contributed by atoms with van der Waals surface area (Å²) in [5.41, 5.74) is 3.05. The summed E-state index contributed by atoms with van der Waals surface area (Å²) in [6, 6.07) is 13.5. The van der Waals surface area contributed by atoms with Gasteiger partial charge in [-0.15, -0.1) is 24.8 Å². The maximum atomic E-state index is 13.0. The molecule has 0 radical (unpaired) electrons. The summed E-state index contributed by atoms with van der Waals surface area (Å²) in [5, 5.41) is 10.8. The molecule has 194 valence electrons. The Labute approximate surface area is 229 Å². The van der Waals surface area contributed by atoms with Gasteiger partial charge >= 0.3 is 0 Å². The first-order chi connectivity index (χ1) is 15.8. The van der Waals surface area contributed by atoms with E-state index < -0.39 is 0 Å². The van der Waals surface area contributed by atoms with E-state index in [1.165, 1.54) is 11.1 Å². The number of hydrazine groups is 1. The number of hydrogen-bond acceptors (Lipinski definition) is 5. The Hall–Kier alpha value is -1.58. The molecule has 0 aromatic heterocycles. The van der Waals surface area contributed by atoms with Gasteiger partial charge in [0.25, 0.3) is 5.91 Å². The largest absolute Gasteiger partial charge is 0.313 e. The third-order valence-electron chi connectivity index (χ3n) is 5.55. The van der Waals surface area contributed by atoms with Crippen molar-refractivity contribution in [2.75, 3.05) is 38.1 Å². The maximum absolute atomic E-state index is 13.0. The average molecular weight is 565 g/mol. The monoisotopic (exact) mass is 563 g/mol. The Morgan fingerprint density at radius 3 is 2.17 bits per heavy atom. The second kappa shape index (κ2) is 14.9. The standard InChI is InChI=1S/C24H31Cl2N5O2.2ClH/c1-17(2)28-10-11-31(22-9-8-20(25)12-21(22)26)24(33)14-27-13-23(32)29(3)30-15-18-6-4-5-7-19(18)16-30;;/h4-9,12,17,27-28H,10-11,13-16H2,1-3H3;2*1H. The molecule has 11 heteroatoms. The Morgan fingerprint density at radius 1 is 1.00 bits per heavy atom. The molecule has 1 heterocycles. The summed E-state index contributed by atoms with van der Waals surface area (Å²) in [4.78, 5) is 27.3. The van der Waals surface area contributed by atoms with E-state index in [2.05, 4.69) is 22.8 Å². The van der Waals surface area contributed by atoms with Crippen molar-refractivity contribution < 1.29 is 9.59 Å². The van der Waals surface area contributed by atoms with Crippen LogP contribution in [0.3, 0.4) is 0 Å². The van der Waals surface area contributed by atoms with Gasteiger partial charge in [-0.2, -0.15) is 0 Å². The van der Waals surface area contributed by atoms with Crippen LogP contribution in [0.4, 0.5) is 5.69 Å². The van der Waals surface area contributed by atoms with E-state index in [4.69, 9.17) is 23.2 Å². The number of likely N-dealkylation sites (N-methyl/N-ethyl adjacent to an activating group) is 1. The summed E-state index contributed by atoms with van der Waals surface area (Å²) in [5.74, 6) is -0.276. The minimum atomic E-state index is -0.172. The molecule has 0 fully saturated rings. The molecule has 2 aromatic carbocycles. The minimum Gasteiger partial charge on any atom is -0.313 e. The molecule has 0 unspecified atom stereocenters. The fraction of sp³-hybridized carbons (Fsp3) is 0.417. The third-order valence-corrected chi connectivity index (χ3v) is 6.09. The van der Waals surface area contributed by atoms with Gasteiger partial charge in [0.1, 0.15) is 0 Å².